The van der Waals surface area contributed by atoms with Gasteiger partial charge in [-0.1, -0.05) is 42.5 Å². The zero-order valence-corrected chi connectivity index (χ0v) is 15.8. The van der Waals surface area contributed by atoms with Crippen LogP contribution in [0.15, 0.2) is 53.3 Å². The number of fused-ring (bicyclic) bond motifs is 1. The SMILES string of the molecule is CNn1c(C)c(C(=O)NC(c2ccccc2)C2CC2)c2cccc(F)c2c1=O. The van der Waals surface area contributed by atoms with E-state index in [4.69, 9.17) is 0 Å². The summed E-state index contributed by atoms with van der Waals surface area (Å²) in [4.78, 5) is 26.0. The summed E-state index contributed by atoms with van der Waals surface area (Å²) in [5, 5.41) is 3.37. The predicted molar refractivity (Wildman–Crippen MR) is 108 cm³/mol. The Morgan fingerprint density at radius 1 is 1.14 bits per heavy atom. The summed E-state index contributed by atoms with van der Waals surface area (Å²) in [6.45, 7) is 1.69. The van der Waals surface area contributed by atoms with Gasteiger partial charge in [-0.15, -0.1) is 0 Å². The molecule has 5 nitrogen and oxygen atoms in total. The molecule has 3 aromatic rings. The standard InChI is InChI=1S/C22H22FN3O2/c1-13-18(16-9-6-10-17(23)19(16)22(28)26(13)24-2)21(27)25-20(15-11-12-15)14-7-4-3-5-8-14/h3-10,15,20,24H,11-12H2,1-2H3,(H,25,27). The van der Waals surface area contributed by atoms with E-state index in [0.29, 0.717) is 22.6 Å². The largest absolute Gasteiger partial charge is 0.345 e. The number of hydrogen-bond acceptors (Lipinski definition) is 3. The quantitative estimate of drug-likeness (QED) is 0.713. The molecule has 144 valence electrons. The minimum absolute atomic E-state index is 0.0877. The molecule has 0 radical (unpaired) electrons. The van der Waals surface area contributed by atoms with Crippen molar-refractivity contribution < 1.29 is 9.18 Å². The number of pyridine rings is 1. The van der Waals surface area contributed by atoms with Crippen molar-refractivity contribution in [1.82, 2.24) is 9.99 Å². The fourth-order valence-corrected chi connectivity index (χ4v) is 3.85. The second-order valence-corrected chi connectivity index (χ2v) is 7.19. The van der Waals surface area contributed by atoms with Crippen molar-refractivity contribution in [3.8, 4) is 0 Å². The Balaban J connectivity index is 1.83. The van der Waals surface area contributed by atoms with E-state index in [2.05, 4.69) is 10.7 Å². The summed E-state index contributed by atoms with van der Waals surface area (Å²) in [5.41, 5.74) is 4.06. The molecule has 0 spiro atoms. The number of carbonyl (C=O) groups excluding carboxylic acids is 1. The van der Waals surface area contributed by atoms with Gasteiger partial charge in [0, 0.05) is 12.4 Å². The van der Waals surface area contributed by atoms with Crippen LogP contribution >= 0.6 is 0 Å². The Kier molecular flexibility index (Phi) is 4.63. The Hall–Kier alpha value is -3.15. The van der Waals surface area contributed by atoms with Gasteiger partial charge in [-0.05, 0) is 37.3 Å². The van der Waals surface area contributed by atoms with Gasteiger partial charge in [0.2, 0.25) is 0 Å². The smallest absolute Gasteiger partial charge is 0.279 e. The first-order valence-electron chi connectivity index (χ1n) is 9.40. The average molecular weight is 379 g/mol. The van der Waals surface area contributed by atoms with Crippen LogP contribution in [0.2, 0.25) is 0 Å². The van der Waals surface area contributed by atoms with E-state index in [1.54, 1.807) is 20.0 Å². The van der Waals surface area contributed by atoms with Crippen molar-refractivity contribution in [2.45, 2.75) is 25.8 Å². The summed E-state index contributed by atoms with van der Waals surface area (Å²) in [7, 11) is 1.57. The van der Waals surface area contributed by atoms with Crippen molar-refractivity contribution in [1.29, 1.82) is 0 Å². The third-order valence-corrected chi connectivity index (χ3v) is 5.39. The summed E-state index contributed by atoms with van der Waals surface area (Å²) < 4.78 is 15.6. The van der Waals surface area contributed by atoms with Crippen molar-refractivity contribution >= 4 is 16.7 Å². The Morgan fingerprint density at radius 3 is 2.50 bits per heavy atom. The molecule has 2 aromatic carbocycles. The molecule has 6 heteroatoms. The van der Waals surface area contributed by atoms with Crippen LogP contribution in [0.1, 0.15) is 40.5 Å². The van der Waals surface area contributed by atoms with Crippen LogP contribution < -0.4 is 16.3 Å². The number of nitrogens with one attached hydrogen (secondary N) is 2. The van der Waals surface area contributed by atoms with E-state index in [1.807, 2.05) is 30.3 Å². The number of amides is 1. The molecule has 1 heterocycles. The first kappa shape index (κ1) is 18.2. The first-order valence-corrected chi connectivity index (χ1v) is 9.40. The lowest BCUT2D eigenvalue weighted by Gasteiger charge is -2.21. The van der Waals surface area contributed by atoms with Crippen LogP contribution in [0.25, 0.3) is 10.8 Å². The van der Waals surface area contributed by atoms with E-state index >= 15 is 0 Å². The third-order valence-electron chi connectivity index (χ3n) is 5.39. The average Bonchev–Trinajstić information content (AvgIpc) is 3.52. The summed E-state index contributed by atoms with van der Waals surface area (Å²) in [6, 6.07) is 14.1. The molecule has 0 aliphatic heterocycles. The lowest BCUT2D eigenvalue weighted by molar-refractivity contribution is 0.0932. The molecule has 1 aliphatic carbocycles. The summed E-state index contributed by atoms with van der Waals surface area (Å²) in [6.07, 6.45) is 2.12. The van der Waals surface area contributed by atoms with Crippen LogP contribution in [-0.4, -0.2) is 17.6 Å². The molecule has 0 saturated heterocycles. The minimum atomic E-state index is -0.637. The van der Waals surface area contributed by atoms with E-state index in [1.165, 1.54) is 16.8 Å². The Labute approximate surface area is 162 Å². The number of halogens is 1. The van der Waals surface area contributed by atoms with Crippen molar-refractivity contribution in [3.63, 3.8) is 0 Å². The van der Waals surface area contributed by atoms with Crippen LogP contribution in [0.4, 0.5) is 4.39 Å². The van der Waals surface area contributed by atoms with Crippen LogP contribution in [0.5, 0.6) is 0 Å². The molecule has 1 unspecified atom stereocenters. The monoisotopic (exact) mass is 379 g/mol. The number of nitrogens with zero attached hydrogens (tertiary/aromatic N) is 1. The molecule has 1 atom stereocenters. The van der Waals surface area contributed by atoms with Gasteiger partial charge in [0.1, 0.15) is 5.82 Å². The molecule has 4 rings (SSSR count). The van der Waals surface area contributed by atoms with Gasteiger partial charge in [0.25, 0.3) is 11.5 Å². The lowest BCUT2D eigenvalue weighted by atomic mass is 9.99. The first-order chi connectivity index (χ1) is 13.5. The van der Waals surface area contributed by atoms with E-state index in [9.17, 15) is 14.0 Å². The Morgan fingerprint density at radius 2 is 1.86 bits per heavy atom. The number of aromatic nitrogens is 1. The lowest BCUT2D eigenvalue weighted by Crippen LogP contribution is -2.35. The molecule has 28 heavy (non-hydrogen) atoms. The molecule has 1 fully saturated rings. The molecular weight excluding hydrogens is 357 g/mol. The fourth-order valence-electron chi connectivity index (χ4n) is 3.85. The molecule has 1 amide bonds. The highest BCUT2D eigenvalue weighted by atomic mass is 19.1. The maximum atomic E-state index is 14.4. The maximum absolute atomic E-state index is 14.4. The van der Waals surface area contributed by atoms with Crippen molar-refractivity contribution in [2.75, 3.05) is 12.5 Å². The zero-order chi connectivity index (χ0) is 19.8. The summed E-state index contributed by atoms with van der Waals surface area (Å²) >= 11 is 0. The molecule has 2 N–H and O–H groups in total. The van der Waals surface area contributed by atoms with Gasteiger partial charge >= 0.3 is 0 Å². The van der Waals surface area contributed by atoms with Gasteiger partial charge in [-0.3, -0.25) is 9.59 Å². The van der Waals surface area contributed by atoms with E-state index in [-0.39, 0.29) is 17.3 Å². The number of hydrogen-bond donors (Lipinski definition) is 2. The number of rotatable bonds is 5. The maximum Gasteiger partial charge on any atom is 0.279 e. The molecule has 0 bridgehead atoms. The molecular formula is C22H22FN3O2. The second-order valence-electron chi connectivity index (χ2n) is 7.19. The number of carbonyl (C=O) groups is 1. The van der Waals surface area contributed by atoms with Gasteiger partial charge in [0.05, 0.1) is 22.7 Å². The van der Waals surface area contributed by atoms with Crippen molar-refractivity contribution in [2.24, 2.45) is 5.92 Å². The van der Waals surface area contributed by atoms with Crippen LogP contribution in [-0.2, 0) is 0 Å². The predicted octanol–water partition coefficient (Wildman–Crippen LogP) is 3.50. The summed E-state index contributed by atoms with van der Waals surface area (Å²) in [5.74, 6) is -0.551. The van der Waals surface area contributed by atoms with Gasteiger partial charge in [0.15, 0.2) is 0 Å². The molecule has 1 aromatic heterocycles. The number of benzene rings is 2. The van der Waals surface area contributed by atoms with Crippen LogP contribution in [0, 0.1) is 18.7 Å². The van der Waals surface area contributed by atoms with Gasteiger partial charge < -0.3 is 10.7 Å². The van der Waals surface area contributed by atoms with Gasteiger partial charge in [-0.25, -0.2) is 9.07 Å². The fraction of sp³-hybridized carbons (Fsp3) is 0.273. The van der Waals surface area contributed by atoms with Gasteiger partial charge in [-0.2, -0.15) is 0 Å². The highest BCUT2D eigenvalue weighted by Crippen LogP contribution is 2.41. The topological polar surface area (TPSA) is 63.1 Å². The zero-order valence-electron chi connectivity index (χ0n) is 15.8. The van der Waals surface area contributed by atoms with E-state index < -0.39 is 11.4 Å². The second kappa shape index (κ2) is 7.11. The van der Waals surface area contributed by atoms with E-state index in [0.717, 1.165) is 18.4 Å². The minimum Gasteiger partial charge on any atom is -0.345 e. The highest BCUT2D eigenvalue weighted by molar-refractivity contribution is 6.08. The molecule has 1 aliphatic rings. The Bertz CT molecular complexity index is 1100. The highest BCUT2D eigenvalue weighted by Gasteiger charge is 2.34. The third kappa shape index (κ3) is 3.05. The van der Waals surface area contributed by atoms with Crippen molar-refractivity contribution in [3.05, 3.63) is 81.5 Å². The molecule has 1 saturated carbocycles. The van der Waals surface area contributed by atoms with Crippen LogP contribution in [0.3, 0.4) is 0 Å². The normalized spacial score (nSPS) is 14.7.